The summed E-state index contributed by atoms with van der Waals surface area (Å²) in [5, 5.41) is 4.03. The van der Waals surface area contributed by atoms with Gasteiger partial charge in [-0.25, -0.2) is 14.4 Å². The topological polar surface area (TPSA) is 94.2 Å². The molecule has 0 saturated carbocycles. The summed E-state index contributed by atoms with van der Waals surface area (Å²) in [6.07, 6.45) is 4.85. The van der Waals surface area contributed by atoms with Crippen LogP contribution in [0.1, 0.15) is 37.3 Å². The normalized spacial score (nSPS) is 16.1. The molecule has 1 fully saturated rings. The van der Waals surface area contributed by atoms with Crippen LogP contribution in [0.2, 0.25) is 0 Å². The van der Waals surface area contributed by atoms with E-state index < -0.39 is 0 Å². The maximum atomic E-state index is 13.2. The van der Waals surface area contributed by atoms with Crippen LogP contribution in [0, 0.1) is 5.82 Å². The molecule has 156 valence electrons. The second-order valence-electron chi connectivity index (χ2n) is 7.07. The zero-order valence-electron chi connectivity index (χ0n) is 16.6. The average molecular weight is 411 g/mol. The molecule has 0 radical (unpaired) electrons. The Labute approximate surface area is 173 Å². The Hall–Kier alpha value is -3.36. The van der Waals surface area contributed by atoms with Gasteiger partial charge in [-0.05, 0) is 18.6 Å². The Kier molecular flexibility index (Phi) is 5.97. The summed E-state index contributed by atoms with van der Waals surface area (Å²) in [5.74, 6) is 1.14. The number of hydrogen-bond acceptors (Lipinski definition) is 7. The summed E-state index contributed by atoms with van der Waals surface area (Å²) >= 11 is 0. The predicted octanol–water partition coefficient (Wildman–Crippen LogP) is 3.01. The van der Waals surface area contributed by atoms with E-state index in [1.807, 2.05) is 6.92 Å². The van der Waals surface area contributed by atoms with Gasteiger partial charge in [0.25, 0.3) is 0 Å². The van der Waals surface area contributed by atoms with Crippen molar-refractivity contribution in [2.24, 2.45) is 0 Å². The Morgan fingerprint density at radius 3 is 3.10 bits per heavy atom. The molecule has 0 spiro atoms. The van der Waals surface area contributed by atoms with Crippen molar-refractivity contribution in [3.63, 3.8) is 0 Å². The van der Waals surface area contributed by atoms with Gasteiger partial charge in [0.2, 0.25) is 17.6 Å². The summed E-state index contributed by atoms with van der Waals surface area (Å²) in [7, 11) is 0. The highest BCUT2D eigenvalue weighted by atomic mass is 19.1. The minimum atomic E-state index is -0.366. The summed E-state index contributed by atoms with van der Waals surface area (Å²) in [6.45, 7) is 3.34. The first-order chi connectivity index (χ1) is 14.6. The third-order valence-corrected chi connectivity index (χ3v) is 5.06. The van der Waals surface area contributed by atoms with Gasteiger partial charge in [-0.1, -0.05) is 18.1 Å². The van der Waals surface area contributed by atoms with Gasteiger partial charge in [-0.15, -0.1) is 0 Å². The second kappa shape index (κ2) is 8.98. The molecular weight excluding hydrogens is 389 g/mol. The predicted molar refractivity (Wildman–Crippen MR) is 105 cm³/mol. The van der Waals surface area contributed by atoms with Crippen LogP contribution < -0.4 is 4.74 Å². The number of likely N-dealkylation sites (tertiary alicyclic amines) is 1. The summed E-state index contributed by atoms with van der Waals surface area (Å²) < 4.78 is 23.9. The molecule has 0 unspecified atom stereocenters. The van der Waals surface area contributed by atoms with E-state index in [4.69, 9.17) is 9.26 Å². The summed E-state index contributed by atoms with van der Waals surface area (Å²) in [5.41, 5.74) is 1.55. The maximum Gasteiger partial charge on any atom is 0.226 e. The molecular formula is C21H22FN5O3. The van der Waals surface area contributed by atoms with E-state index in [1.165, 1.54) is 18.5 Å². The standard InChI is InChI=1S/C21H22FN5O3/c1-2-18-25-21(26-30-18)17-11-23-13-24-20(17)14-6-8-27(12-14)19(28)7-9-29-16-5-3-4-15(22)10-16/h3-5,10-11,13-14H,2,6-9,12H2,1H3/t14-/m0/s1. The van der Waals surface area contributed by atoms with Gasteiger partial charge in [-0.2, -0.15) is 4.98 Å². The fourth-order valence-electron chi connectivity index (χ4n) is 3.53. The van der Waals surface area contributed by atoms with Gasteiger partial charge in [0, 0.05) is 37.7 Å². The number of aromatic nitrogens is 4. The molecule has 8 nitrogen and oxygen atoms in total. The van der Waals surface area contributed by atoms with Crippen molar-refractivity contribution < 1.29 is 18.4 Å². The largest absolute Gasteiger partial charge is 0.493 e. The lowest BCUT2D eigenvalue weighted by Crippen LogP contribution is -2.29. The summed E-state index contributed by atoms with van der Waals surface area (Å²) in [4.78, 5) is 27.3. The Morgan fingerprint density at radius 2 is 2.30 bits per heavy atom. The molecule has 1 aliphatic heterocycles. The van der Waals surface area contributed by atoms with Gasteiger partial charge in [0.05, 0.1) is 24.3 Å². The second-order valence-corrected chi connectivity index (χ2v) is 7.07. The fourth-order valence-corrected chi connectivity index (χ4v) is 3.53. The maximum absolute atomic E-state index is 13.2. The minimum Gasteiger partial charge on any atom is -0.493 e. The third-order valence-electron chi connectivity index (χ3n) is 5.06. The average Bonchev–Trinajstić information content (AvgIpc) is 3.44. The molecule has 3 aromatic rings. The highest BCUT2D eigenvalue weighted by molar-refractivity contribution is 5.76. The van der Waals surface area contributed by atoms with E-state index in [9.17, 15) is 9.18 Å². The molecule has 0 bridgehead atoms. The van der Waals surface area contributed by atoms with Crippen molar-refractivity contribution in [2.75, 3.05) is 19.7 Å². The molecule has 4 rings (SSSR count). The van der Waals surface area contributed by atoms with Crippen molar-refractivity contribution in [1.82, 2.24) is 25.0 Å². The molecule has 1 aliphatic rings. The van der Waals surface area contributed by atoms with Crippen molar-refractivity contribution in [2.45, 2.75) is 32.1 Å². The van der Waals surface area contributed by atoms with Crippen LogP contribution in [-0.2, 0) is 11.2 Å². The van der Waals surface area contributed by atoms with Crippen LogP contribution in [0.15, 0.2) is 41.3 Å². The van der Waals surface area contributed by atoms with Crippen LogP contribution in [0.25, 0.3) is 11.4 Å². The molecule has 30 heavy (non-hydrogen) atoms. The molecule has 2 aromatic heterocycles. The van der Waals surface area contributed by atoms with Crippen LogP contribution >= 0.6 is 0 Å². The van der Waals surface area contributed by atoms with E-state index in [0.717, 1.165) is 17.7 Å². The number of aryl methyl sites for hydroxylation is 1. The Morgan fingerprint density at radius 1 is 1.40 bits per heavy atom. The van der Waals surface area contributed by atoms with Gasteiger partial charge < -0.3 is 14.2 Å². The number of carbonyl (C=O) groups is 1. The number of rotatable bonds is 7. The van der Waals surface area contributed by atoms with Crippen molar-refractivity contribution in [1.29, 1.82) is 0 Å². The van der Waals surface area contributed by atoms with E-state index in [0.29, 0.717) is 37.0 Å². The number of halogens is 1. The van der Waals surface area contributed by atoms with Crippen LogP contribution in [0.3, 0.4) is 0 Å². The molecule has 1 aromatic carbocycles. The first-order valence-corrected chi connectivity index (χ1v) is 9.93. The van der Waals surface area contributed by atoms with E-state index in [-0.39, 0.29) is 30.7 Å². The Balaban J connectivity index is 1.37. The first-order valence-electron chi connectivity index (χ1n) is 9.93. The van der Waals surface area contributed by atoms with Gasteiger partial charge in [-0.3, -0.25) is 4.79 Å². The molecule has 1 amide bonds. The molecule has 0 N–H and O–H groups in total. The Bertz CT molecular complexity index is 1030. The SMILES string of the molecule is CCc1nc(-c2cncnc2[C@H]2CCN(C(=O)CCOc3cccc(F)c3)C2)no1. The lowest BCUT2D eigenvalue weighted by atomic mass is 10.00. The van der Waals surface area contributed by atoms with Crippen molar-refractivity contribution in [3.05, 3.63) is 54.2 Å². The van der Waals surface area contributed by atoms with E-state index in [1.54, 1.807) is 23.2 Å². The lowest BCUT2D eigenvalue weighted by Gasteiger charge is -2.17. The number of nitrogens with zero attached hydrogens (tertiary/aromatic N) is 5. The van der Waals surface area contributed by atoms with Crippen LogP contribution in [0.4, 0.5) is 4.39 Å². The highest BCUT2D eigenvalue weighted by Crippen LogP contribution is 2.32. The van der Waals surface area contributed by atoms with Crippen LogP contribution in [-0.4, -0.2) is 50.6 Å². The van der Waals surface area contributed by atoms with E-state index >= 15 is 0 Å². The number of benzene rings is 1. The minimum absolute atomic E-state index is 0.00246. The summed E-state index contributed by atoms with van der Waals surface area (Å²) in [6, 6.07) is 5.89. The number of ether oxygens (including phenoxy) is 1. The fraction of sp³-hybridized carbons (Fsp3) is 0.381. The lowest BCUT2D eigenvalue weighted by molar-refractivity contribution is -0.130. The number of hydrogen-bond donors (Lipinski definition) is 0. The van der Waals surface area contributed by atoms with Gasteiger partial charge >= 0.3 is 0 Å². The van der Waals surface area contributed by atoms with E-state index in [2.05, 4.69) is 20.1 Å². The molecule has 1 saturated heterocycles. The number of amides is 1. The smallest absolute Gasteiger partial charge is 0.226 e. The van der Waals surface area contributed by atoms with Crippen LogP contribution in [0.5, 0.6) is 5.75 Å². The molecule has 3 heterocycles. The monoisotopic (exact) mass is 411 g/mol. The van der Waals surface area contributed by atoms with Gasteiger partial charge in [0.15, 0.2) is 0 Å². The molecule has 1 atom stereocenters. The third kappa shape index (κ3) is 4.45. The van der Waals surface area contributed by atoms with Crippen molar-refractivity contribution >= 4 is 5.91 Å². The highest BCUT2D eigenvalue weighted by Gasteiger charge is 2.30. The van der Waals surface area contributed by atoms with Gasteiger partial charge in [0.1, 0.15) is 17.9 Å². The van der Waals surface area contributed by atoms with Crippen molar-refractivity contribution in [3.8, 4) is 17.1 Å². The first kappa shape index (κ1) is 19.9. The molecule has 0 aliphatic carbocycles. The quantitative estimate of drug-likeness (QED) is 0.590. The zero-order valence-corrected chi connectivity index (χ0v) is 16.6. The zero-order chi connectivity index (χ0) is 20.9. The number of carbonyl (C=O) groups excluding carboxylic acids is 1. The molecule has 9 heteroatoms.